The number of unbranched alkanes of at least 4 members (excludes halogenated alkanes) is 1. The summed E-state index contributed by atoms with van der Waals surface area (Å²) in [7, 11) is 0. The Hall–Kier alpha value is -1.72. The summed E-state index contributed by atoms with van der Waals surface area (Å²) in [5.41, 5.74) is 2.37. The molecule has 1 aliphatic carbocycles. The summed E-state index contributed by atoms with van der Waals surface area (Å²) in [6, 6.07) is 7.41. The van der Waals surface area contributed by atoms with Gasteiger partial charge in [0.2, 0.25) is 0 Å². The predicted octanol–water partition coefficient (Wildman–Crippen LogP) is 2.95. The van der Waals surface area contributed by atoms with Crippen molar-refractivity contribution in [2.24, 2.45) is 0 Å². The summed E-state index contributed by atoms with van der Waals surface area (Å²) >= 11 is 0. The van der Waals surface area contributed by atoms with Crippen LogP contribution in [0, 0.1) is 5.82 Å². The Kier molecular flexibility index (Phi) is 4.85. The van der Waals surface area contributed by atoms with Gasteiger partial charge < -0.3 is 5.11 Å². The monoisotopic (exact) mass is 303 g/mol. The molecule has 1 heterocycles. The van der Waals surface area contributed by atoms with Crippen LogP contribution in [-0.2, 0) is 6.54 Å². The first-order valence-electron chi connectivity index (χ1n) is 7.91. The lowest BCUT2D eigenvalue weighted by Gasteiger charge is -2.21. The number of H-pyrrole nitrogens is 1. The van der Waals surface area contributed by atoms with Crippen LogP contribution in [0.2, 0.25) is 0 Å². The fourth-order valence-corrected chi connectivity index (χ4v) is 2.80. The van der Waals surface area contributed by atoms with Crippen molar-refractivity contribution < 1.29 is 9.50 Å². The quantitative estimate of drug-likeness (QED) is 0.737. The Morgan fingerprint density at radius 1 is 1.27 bits per heavy atom. The van der Waals surface area contributed by atoms with Crippen molar-refractivity contribution in [3.63, 3.8) is 0 Å². The zero-order valence-corrected chi connectivity index (χ0v) is 12.6. The first-order chi connectivity index (χ1) is 10.8. The molecule has 1 aromatic carbocycles. The SMILES string of the molecule is OCCCCN(Cc1cn[nH]c1-c1ccccc1F)C1CC1. The smallest absolute Gasteiger partial charge is 0.132 e. The zero-order valence-electron chi connectivity index (χ0n) is 12.6. The highest BCUT2D eigenvalue weighted by Gasteiger charge is 2.29. The minimum atomic E-state index is -0.230. The highest BCUT2D eigenvalue weighted by Crippen LogP contribution is 2.31. The summed E-state index contributed by atoms with van der Waals surface area (Å²) in [5, 5.41) is 16.0. The Morgan fingerprint density at radius 2 is 2.09 bits per heavy atom. The van der Waals surface area contributed by atoms with Gasteiger partial charge in [-0.25, -0.2) is 4.39 Å². The summed E-state index contributed by atoms with van der Waals surface area (Å²) in [6.07, 6.45) is 6.07. The third-order valence-corrected chi connectivity index (χ3v) is 4.15. The van der Waals surface area contributed by atoms with Gasteiger partial charge in [0.15, 0.2) is 0 Å². The molecule has 0 amide bonds. The molecule has 2 aromatic rings. The number of hydrogen-bond acceptors (Lipinski definition) is 3. The van der Waals surface area contributed by atoms with Crippen LogP contribution in [0.1, 0.15) is 31.2 Å². The van der Waals surface area contributed by atoms with Crippen LogP contribution < -0.4 is 0 Å². The Balaban J connectivity index is 1.75. The molecule has 118 valence electrons. The van der Waals surface area contributed by atoms with Crippen LogP contribution in [0.3, 0.4) is 0 Å². The number of benzene rings is 1. The van der Waals surface area contributed by atoms with E-state index >= 15 is 0 Å². The molecule has 3 rings (SSSR count). The molecule has 2 N–H and O–H groups in total. The topological polar surface area (TPSA) is 52.1 Å². The first-order valence-corrected chi connectivity index (χ1v) is 7.91. The Bertz CT molecular complexity index is 609. The van der Waals surface area contributed by atoms with Gasteiger partial charge in [0, 0.05) is 30.3 Å². The van der Waals surface area contributed by atoms with E-state index in [-0.39, 0.29) is 12.4 Å². The number of hydrogen-bond donors (Lipinski definition) is 2. The summed E-state index contributed by atoms with van der Waals surface area (Å²) in [4.78, 5) is 2.42. The molecule has 0 aliphatic heterocycles. The van der Waals surface area contributed by atoms with Crippen LogP contribution in [-0.4, -0.2) is 39.4 Å². The van der Waals surface area contributed by atoms with Crippen molar-refractivity contribution in [1.82, 2.24) is 15.1 Å². The highest BCUT2D eigenvalue weighted by atomic mass is 19.1. The number of rotatable bonds is 8. The number of nitrogens with one attached hydrogen (secondary N) is 1. The number of aromatic nitrogens is 2. The van der Waals surface area contributed by atoms with Gasteiger partial charge in [-0.3, -0.25) is 10.00 Å². The van der Waals surface area contributed by atoms with Crippen LogP contribution in [0.5, 0.6) is 0 Å². The molecule has 0 saturated heterocycles. The van der Waals surface area contributed by atoms with Crippen molar-refractivity contribution >= 4 is 0 Å². The average Bonchev–Trinajstić information content (AvgIpc) is 3.27. The molecule has 22 heavy (non-hydrogen) atoms. The summed E-state index contributed by atoms with van der Waals surface area (Å²) in [6.45, 7) is 1.98. The number of aromatic amines is 1. The minimum absolute atomic E-state index is 0.230. The van der Waals surface area contributed by atoms with Gasteiger partial charge in [-0.1, -0.05) is 12.1 Å². The number of aliphatic hydroxyl groups excluding tert-OH is 1. The Morgan fingerprint density at radius 3 is 2.82 bits per heavy atom. The lowest BCUT2D eigenvalue weighted by atomic mass is 10.1. The van der Waals surface area contributed by atoms with Gasteiger partial charge in [-0.2, -0.15) is 5.10 Å². The molecule has 1 aromatic heterocycles. The second-order valence-electron chi connectivity index (χ2n) is 5.88. The molecular weight excluding hydrogens is 281 g/mol. The van der Waals surface area contributed by atoms with Crippen LogP contribution in [0.15, 0.2) is 30.5 Å². The number of halogens is 1. The van der Waals surface area contributed by atoms with Crippen molar-refractivity contribution in [3.05, 3.63) is 41.8 Å². The van der Waals surface area contributed by atoms with E-state index in [0.717, 1.165) is 37.2 Å². The van der Waals surface area contributed by atoms with Gasteiger partial charge in [-0.05, 0) is 44.4 Å². The van der Waals surface area contributed by atoms with E-state index < -0.39 is 0 Å². The van der Waals surface area contributed by atoms with E-state index in [2.05, 4.69) is 15.1 Å². The molecule has 0 radical (unpaired) electrons. The maximum Gasteiger partial charge on any atom is 0.132 e. The third-order valence-electron chi connectivity index (χ3n) is 4.15. The van der Waals surface area contributed by atoms with Gasteiger partial charge >= 0.3 is 0 Å². The molecule has 0 unspecified atom stereocenters. The van der Waals surface area contributed by atoms with Gasteiger partial charge in [-0.15, -0.1) is 0 Å². The summed E-state index contributed by atoms with van der Waals surface area (Å²) < 4.78 is 14.0. The lowest BCUT2D eigenvalue weighted by Crippen LogP contribution is -2.27. The third kappa shape index (κ3) is 3.54. The molecule has 1 saturated carbocycles. The first kappa shape index (κ1) is 15.2. The standard InChI is InChI=1S/C17H22FN3O/c18-16-6-2-1-5-15(16)17-13(11-19-20-17)12-21(14-7-8-14)9-3-4-10-22/h1-2,5-6,11,14,22H,3-4,7-10,12H2,(H,19,20). The molecule has 1 aliphatic rings. The molecule has 0 atom stereocenters. The van der Waals surface area contributed by atoms with Crippen LogP contribution in [0.25, 0.3) is 11.3 Å². The Labute approximate surface area is 130 Å². The van der Waals surface area contributed by atoms with Crippen LogP contribution >= 0.6 is 0 Å². The zero-order chi connectivity index (χ0) is 15.4. The van der Waals surface area contributed by atoms with Crippen LogP contribution in [0.4, 0.5) is 4.39 Å². The molecule has 1 fully saturated rings. The maximum atomic E-state index is 14.0. The summed E-state index contributed by atoms with van der Waals surface area (Å²) in [5.74, 6) is -0.230. The van der Waals surface area contributed by atoms with Crippen molar-refractivity contribution in [2.45, 2.75) is 38.3 Å². The van der Waals surface area contributed by atoms with E-state index in [9.17, 15) is 4.39 Å². The van der Waals surface area contributed by atoms with Gasteiger partial charge in [0.1, 0.15) is 5.82 Å². The molecule has 0 bridgehead atoms. The number of nitrogens with zero attached hydrogens (tertiary/aromatic N) is 2. The van der Waals surface area contributed by atoms with E-state index in [4.69, 9.17) is 5.11 Å². The predicted molar refractivity (Wildman–Crippen MR) is 83.7 cm³/mol. The molecule has 0 spiro atoms. The second kappa shape index (κ2) is 7.03. The van der Waals surface area contributed by atoms with Crippen molar-refractivity contribution in [2.75, 3.05) is 13.2 Å². The molecule has 4 nitrogen and oxygen atoms in total. The fourth-order valence-electron chi connectivity index (χ4n) is 2.80. The maximum absolute atomic E-state index is 14.0. The van der Waals surface area contributed by atoms with Gasteiger partial charge in [0.25, 0.3) is 0 Å². The number of aliphatic hydroxyl groups is 1. The van der Waals surface area contributed by atoms with Gasteiger partial charge in [0.05, 0.1) is 11.9 Å². The lowest BCUT2D eigenvalue weighted by molar-refractivity contribution is 0.229. The van der Waals surface area contributed by atoms with Crippen molar-refractivity contribution in [3.8, 4) is 11.3 Å². The van der Waals surface area contributed by atoms with E-state index in [1.54, 1.807) is 18.3 Å². The molecule has 5 heteroatoms. The second-order valence-corrected chi connectivity index (χ2v) is 5.88. The fraction of sp³-hybridized carbons (Fsp3) is 0.471. The normalized spacial score (nSPS) is 14.7. The van der Waals surface area contributed by atoms with Crippen molar-refractivity contribution in [1.29, 1.82) is 0 Å². The molecular formula is C17H22FN3O. The van der Waals surface area contributed by atoms with E-state index in [1.807, 2.05) is 6.07 Å². The highest BCUT2D eigenvalue weighted by molar-refractivity contribution is 5.63. The van der Waals surface area contributed by atoms with E-state index in [1.165, 1.54) is 18.9 Å². The largest absolute Gasteiger partial charge is 0.396 e. The van der Waals surface area contributed by atoms with E-state index in [0.29, 0.717) is 11.6 Å². The average molecular weight is 303 g/mol. The minimum Gasteiger partial charge on any atom is -0.396 e.